The third-order valence-corrected chi connectivity index (χ3v) is 2.08. The summed E-state index contributed by atoms with van der Waals surface area (Å²) in [6.45, 7) is 7.22. The number of hydrogen-bond donors (Lipinski definition) is 1. The van der Waals surface area contributed by atoms with Crippen molar-refractivity contribution in [1.82, 2.24) is 0 Å². The number of nitriles is 1. The summed E-state index contributed by atoms with van der Waals surface area (Å²) in [5.41, 5.74) is 2.83. The van der Waals surface area contributed by atoms with Crippen molar-refractivity contribution in [2.45, 2.75) is 20.8 Å². The second kappa shape index (κ2) is 4.66. The molecule has 0 aliphatic carbocycles. The van der Waals surface area contributed by atoms with Crippen LogP contribution in [0.3, 0.4) is 0 Å². The molecule has 14 heavy (non-hydrogen) atoms. The van der Waals surface area contributed by atoms with Crippen LogP contribution in [0.1, 0.15) is 25.0 Å². The molecule has 0 saturated heterocycles. The maximum atomic E-state index is 8.92. The highest BCUT2D eigenvalue weighted by Gasteiger charge is 2.04. The fourth-order valence-corrected chi connectivity index (χ4v) is 1.30. The number of anilines is 1. The molecule has 0 aliphatic rings. The minimum Gasteiger partial charge on any atom is -0.384 e. The summed E-state index contributed by atoms with van der Waals surface area (Å²) in [5, 5.41) is 12.2. The summed E-state index contributed by atoms with van der Waals surface area (Å²) < 4.78 is 0. The largest absolute Gasteiger partial charge is 0.384 e. The minimum absolute atomic E-state index is 0.584. The third-order valence-electron chi connectivity index (χ3n) is 2.08. The molecule has 0 amide bonds. The fraction of sp³-hybridized carbons (Fsp3) is 0.417. The molecule has 2 heteroatoms. The van der Waals surface area contributed by atoms with Gasteiger partial charge in [-0.15, -0.1) is 0 Å². The first-order chi connectivity index (χ1) is 6.65. The average molecular weight is 188 g/mol. The molecule has 0 radical (unpaired) electrons. The maximum absolute atomic E-state index is 8.92. The van der Waals surface area contributed by atoms with Crippen LogP contribution in [0.4, 0.5) is 5.69 Å². The molecular weight excluding hydrogens is 172 g/mol. The topological polar surface area (TPSA) is 35.8 Å². The van der Waals surface area contributed by atoms with Gasteiger partial charge in [0, 0.05) is 6.54 Å². The molecule has 1 aromatic rings. The smallest absolute Gasteiger partial charge is 0.101 e. The number of nitrogens with zero attached hydrogens (tertiary/aromatic N) is 1. The Labute approximate surface area is 85.6 Å². The van der Waals surface area contributed by atoms with Gasteiger partial charge in [0.25, 0.3) is 0 Å². The first-order valence-corrected chi connectivity index (χ1v) is 4.88. The quantitative estimate of drug-likeness (QED) is 0.791. The van der Waals surface area contributed by atoms with E-state index in [0.717, 1.165) is 23.4 Å². The van der Waals surface area contributed by atoms with Crippen LogP contribution in [0.5, 0.6) is 0 Å². The van der Waals surface area contributed by atoms with Crippen molar-refractivity contribution in [1.29, 1.82) is 5.26 Å². The van der Waals surface area contributed by atoms with E-state index in [0.29, 0.717) is 5.92 Å². The molecule has 0 heterocycles. The summed E-state index contributed by atoms with van der Waals surface area (Å²) in [5.74, 6) is 0.584. The van der Waals surface area contributed by atoms with E-state index in [9.17, 15) is 0 Å². The number of benzene rings is 1. The SMILES string of the molecule is Cc1cccc(C#N)c1NCC(C)C. The molecule has 74 valence electrons. The van der Waals surface area contributed by atoms with Crippen molar-refractivity contribution in [2.24, 2.45) is 5.92 Å². The first kappa shape index (κ1) is 10.6. The summed E-state index contributed by atoms with van der Waals surface area (Å²) in [7, 11) is 0. The predicted octanol–water partition coefficient (Wildman–Crippen LogP) is 2.93. The zero-order valence-corrected chi connectivity index (χ0v) is 8.96. The van der Waals surface area contributed by atoms with E-state index in [1.807, 2.05) is 25.1 Å². The van der Waals surface area contributed by atoms with E-state index >= 15 is 0 Å². The zero-order chi connectivity index (χ0) is 10.6. The second-order valence-electron chi connectivity index (χ2n) is 3.88. The lowest BCUT2D eigenvalue weighted by atomic mass is 10.1. The normalized spacial score (nSPS) is 9.93. The van der Waals surface area contributed by atoms with E-state index in [4.69, 9.17) is 5.26 Å². The molecule has 0 aliphatic heterocycles. The summed E-state index contributed by atoms with van der Waals surface area (Å²) >= 11 is 0. The van der Waals surface area contributed by atoms with Gasteiger partial charge in [0.1, 0.15) is 6.07 Å². The molecule has 0 unspecified atom stereocenters. The number of para-hydroxylation sites is 1. The molecule has 0 atom stereocenters. The average Bonchev–Trinajstić information content (AvgIpc) is 2.15. The van der Waals surface area contributed by atoms with Crippen molar-refractivity contribution < 1.29 is 0 Å². The monoisotopic (exact) mass is 188 g/mol. The van der Waals surface area contributed by atoms with Crippen LogP contribution in [0.2, 0.25) is 0 Å². The van der Waals surface area contributed by atoms with Crippen LogP contribution in [-0.4, -0.2) is 6.54 Å². The number of hydrogen-bond acceptors (Lipinski definition) is 2. The van der Waals surface area contributed by atoms with Gasteiger partial charge in [-0.05, 0) is 24.5 Å². The number of rotatable bonds is 3. The second-order valence-corrected chi connectivity index (χ2v) is 3.88. The van der Waals surface area contributed by atoms with E-state index in [2.05, 4.69) is 25.2 Å². The van der Waals surface area contributed by atoms with Gasteiger partial charge in [0.2, 0.25) is 0 Å². The highest BCUT2D eigenvalue weighted by Crippen LogP contribution is 2.19. The van der Waals surface area contributed by atoms with Crippen molar-refractivity contribution in [3.05, 3.63) is 29.3 Å². The van der Waals surface area contributed by atoms with Gasteiger partial charge in [-0.2, -0.15) is 5.26 Å². The summed E-state index contributed by atoms with van der Waals surface area (Å²) in [4.78, 5) is 0. The molecule has 1 N–H and O–H groups in total. The standard InChI is InChI=1S/C12H16N2/c1-9(2)8-14-12-10(3)5-4-6-11(12)7-13/h4-6,9,14H,8H2,1-3H3. The van der Waals surface area contributed by atoms with Crippen LogP contribution in [0.15, 0.2) is 18.2 Å². The summed E-state index contributed by atoms with van der Waals surface area (Å²) in [6.07, 6.45) is 0. The molecule has 0 saturated carbocycles. The van der Waals surface area contributed by atoms with Crippen molar-refractivity contribution in [3.8, 4) is 6.07 Å². The lowest BCUT2D eigenvalue weighted by molar-refractivity contribution is 0.688. The van der Waals surface area contributed by atoms with Gasteiger partial charge in [0.05, 0.1) is 11.3 Å². The molecule has 1 aromatic carbocycles. The Morgan fingerprint density at radius 1 is 1.43 bits per heavy atom. The Balaban J connectivity index is 2.89. The van der Waals surface area contributed by atoms with Gasteiger partial charge >= 0.3 is 0 Å². The van der Waals surface area contributed by atoms with Gasteiger partial charge in [-0.1, -0.05) is 26.0 Å². The van der Waals surface area contributed by atoms with Crippen molar-refractivity contribution in [2.75, 3.05) is 11.9 Å². The van der Waals surface area contributed by atoms with Gasteiger partial charge < -0.3 is 5.32 Å². The summed E-state index contributed by atoms with van der Waals surface area (Å²) in [6, 6.07) is 7.97. The molecule has 0 spiro atoms. The van der Waals surface area contributed by atoms with Crippen molar-refractivity contribution >= 4 is 5.69 Å². The van der Waals surface area contributed by atoms with Gasteiger partial charge in [-0.3, -0.25) is 0 Å². The lowest BCUT2D eigenvalue weighted by Crippen LogP contribution is -2.10. The van der Waals surface area contributed by atoms with Crippen LogP contribution < -0.4 is 5.32 Å². The molecular formula is C12H16N2. The highest BCUT2D eigenvalue weighted by molar-refractivity contribution is 5.62. The molecule has 2 nitrogen and oxygen atoms in total. The Morgan fingerprint density at radius 3 is 2.71 bits per heavy atom. The molecule has 1 rings (SSSR count). The predicted molar refractivity (Wildman–Crippen MR) is 59.2 cm³/mol. The Hall–Kier alpha value is -1.49. The maximum Gasteiger partial charge on any atom is 0.101 e. The van der Waals surface area contributed by atoms with E-state index in [1.165, 1.54) is 0 Å². The Morgan fingerprint density at radius 2 is 2.14 bits per heavy atom. The highest BCUT2D eigenvalue weighted by atomic mass is 14.9. The number of aryl methyl sites for hydroxylation is 1. The van der Waals surface area contributed by atoms with E-state index in [1.54, 1.807) is 0 Å². The Kier molecular flexibility index (Phi) is 3.53. The van der Waals surface area contributed by atoms with Crippen molar-refractivity contribution in [3.63, 3.8) is 0 Å². The van der Waals surface area contributed by atoms with Crippen LogP contribution in [0.25, 0.3) is 0 Å². The Bertz CT molecular complexity index is 348. The van der Waals surface area contributed by atoms with E-state index < -0.39 is 0 Å². The number of nitrogens with one attached hydrogen (secondary N) is 1. The van der Waals surface area contributed by atoms with Crippen LogP contribution in [-0.2, 0) is 0 Å². The van der Waals surface area contributed by atoms with Gasteiger partial charge in [-0.25, -0.2) is 0 Å². The van der Waals surface area contributed by atoms with Gasteiger partial charge in [0.15, 0.2) is 0 Å². The zero-order valence-electron chi connectivity index (χ0n) is 8.96. The minimum atomic E-state index is 0.584. The molecule has 0 fully saturated rings. The molecule has 0 bridgehead atoms. The van der Waals surface area contributed by atoms with Crippen LogP contribution in [0, 0.1) is 24.2 Å². The fourth-order valence-electron chi connectivity index (χ4n) is 1.30. The van der Waals surface area contributed by atoms with Crippen LogP contribution >= 0.6 is 0 Å². The third kappa shape index (κ3) is 2.50. The molecule has 0 aromatic heterocycles. The lowest BCUT2D eigenvalue weighted by Gasteiger charge is -2.12. The van der Waals surface area contributed by atoms with E-state index in [-0.39, 0.29) is 0 Å². The first-order valence-electron chi connectivity index (χ1n) is 4.88.